The van der Waals surface area contributed by atoms with Crippen molar-refractivity contribution in [3.05, 3.63) is 59.2 Å². The first-order valence-electron chi connectivity index (χ1n) is 9.84. The normalized spacial score (nSPS) is 15.9. The third kappa shape index (κ3) is 4.79. The van der Waals surface area contributed by atoms with E-state index in [0.717, 1.165) is 16.8 Å². The van der Waals surface area contributed by atoms with Crippen molar-refractivity contribution in [2.24, 2.45) is 0 Å². The number of aryl methyl sites for hydroxylation is 2. The summed E-state index contributed by atoms with van der Waals surface area (Å²) in [6.07, 6.45) is 1.21. The van der Waals surface area contributed by atoms with Gasteiger partial charge >= 0.3 is 0 Å². The van der Waals surface area contributed by atoms with Crippen LogP contribution in [0.3, 0.4) is 0 Å². The third-order valence-electron chi connectivity index (χ3n) is 5.55. The lowest BCUT2D eigenvalue weighted by atomic mass is 10.1. The summed E-state index contributed by atoms with van der Waals surface area (Å²) < 4.78 is 27.4. The molecule has 1 N–H and O–H groups in total. The van der Waals surface area contributed by atoms with Gasteiger partial charge in [-0.3, -0.25) is 4.79 Å². The molecule has 1 amide bonds. The number of hydrogen-bond acceptors (Lipinski definition) is 4. The number of anilines is 1. The Morgan fingerprint density at radius 3 is 2.17 bits per heavy atom. The highest BCUT2D eigenvalue weighted by Gasteiger charge is 2.30. The predicted molar refractivity (Wildman–Crippen MR) is 116 cm³/mol. The Kier molecular flexibility index (Phi) is 6.29. The van der Waals surface area contributed by atoms with E-state index in [4.69, 9.17) is 0 Å². The average Bonchev–Trinajstić information content (AvgIpc) is 2.70. The van der Waals surface area contributed by atoms with Crippen LogP contribution in [0.15, 0.2) is 47.4 Å². The van der Waals surface area contributed by atoms with E-state index in [1.54, 1.807) is 12.1 Å². The van der Waals surface area contributed by atoms with Crippen molar-refractivity contribution in [3.63, 3.8) is 0 Å². The van der Waals surface area contributed by atoms with E-state index in [2.05, 4.69) is 5.32 Å². The van der Waals surface area contributed by atoms with Crippen LogP contribution in [0.5, 0.6) is 0 Å². The van der Waals surface area contributed by atoms with Crippen LogP contribution in [0, 0.1) is 13.8 Å². The van der Waals surface area contributed by atoms with Gasteiger partial charge in [0.25, 0.3) is 5.91 Å². The van der Waals surface area contributed by atoms with Crippen molar-refractivity contribution in [1.82, 2.24) is 9.62 Å². The van der Waals surface area contributed by atoms with Crippen LogP contribution >= 0.6 is 0 Å². The summed E-state index contributed by atoms with van der Waals surface area (Å²) in [5, 5.41) is 3.04. The number of nitrogens with zero attached hydrogens (tertiary/aromatic N) is 2. The summed E-state index contributed by atoms with van der Waals surface area (Å²) in [5.41, 5.74) is 3.68. The summed E-state index contributed by atoms with van der Waals surface area (Å²) in [6, 6.07) is 12.7. The fraction of sp³-hybridized carbons (Fsp3) is 0.409. The zero-order valence-corrected chi connectivity index (χ0v) is 18.3. The second-order valence-electron chi connectivity index (χ2n) is 7.84. The molecule has 1 aliphatic rings. The highest BCUT2D eigenvalue weighted by Crippen LogP contribution is 2.23. The molecule has 0 saturated carbocycles. The molecule has 1 fully saturated rings. The van der Waals surface area contributed by atoms with E-state index >= 15 is 0 Å². The summed E-state index contributed by atoms with van der Waals surface area (Å²) in [4.78, 5) is 14.8. The molecule has 0 spiro atoms. The zero-order chi connectivity index (χ0) is 21.2. The molecule has 1 heterocycles. The second kappa shape index (κ2) is 8.55. The van der Waals surface area contributed by atoms with Crippen LogP contribution in [-0.2, 0) is 10.0 Å². The lowest BCUT2D eigenvalue weighted by Gasteiger charge is -2.31. The zero-order valence-electron chi connectivity index (χ0n) is 17.5. The number of amides is 1. The number of sulfonamides is 1. The molecule has 2 aromatic rings. The fourth-order valence-electron chi connectivity index (χ4n) is 3.44. The topological polar surface area (TPSA) is 69.7 Å². The molecule has 1 aliphatic heterocycles. The Balaban J connectivity index is 1.59. The molecule has 7 heteroatoms. The predicted octanol–water partition coefficient (Wildman–Crippen LogP) is 2.95. The van der Waals surface area contributed by atoms with Gasteiger partial charge in [0.1, 0.15) is 0 Å². The number of benzene rings is 2. The summed E-state index contributed by atoms with van der Waals surface area (Å²) >= 11 is 0. The highest BCUT2D eigenvalue weighted by molar-refractivity contribution is 7.89. The Bertz CT molecular complexity index is 977. The first-order chi connectivity index (χ1) is 13.7. The molecule has 0 bridgehead atoms. The number of hydrogen-bond donors (Lipinski definition) is 1. The van der Waals surface area contributed by atoms with Gasteiger partial charge in [0, 0.05) is 44.5 Å². The first kappa shape index (κ1) is 21.3. The van der Waals surface area contributed by atoms with Crippen molar-refractivity contribution in [3.8, 4) is 0 Å². The highest BCUT2D eigenvalue weighted by atomic mass is 32.2. The molecular weight excluding hydrogens is 386 g/mol. The number of carbonyl (C=O) groups is 1. The molecule has 1 saturated heterocycles. The largest absolute Gasteiger partial charge is 0.378 e. The van der Waals surface area contributed by atoms with E-state index in [0.29, 0.717) is 36.4 Å². The van der Waals surface area contributed by atoms with Gasteiger partial charge in [-0.05, 0) is 74.2 Å². The Hall–Kier alpha value is -2.38. The SMILES string of the molecule is Cc1ccc(S(=O)(=O)N2CCC(NC(=O)c3ccc(N(C)C)cc3)CC2)cc1C. The van der Waals surface area contributed by atoms with Crippen molar-refractivity contribution >= 4 is 21.6 Å². The van der Waals surface area contributed by atoms with Gasteiger partial charge < -0.3 is 10.2 Å². The third-order valence-corrected chi connectivity index (χ3v) is 7.45. The second-order valence-corrected chi connectivity index (χ2v) is 9.78. The Labute approximate surface area is 173 Å². The van der Waals surface area contributed by atoms with Crippen LogP contribution in [0.1, 0.15) is 34.3 Å². The van der Waals surface area contributed by atoms with Gasteiger partial charge in [0.15, 0.2) is 0 Å². The number of piperidine rings is 1. The van der Waals surface area contributed by atoms with Gasteiger partial charge in [0.05, 0.1) is 4.90 Å². The maximum absolute atomic E-state index is 12.9. The van der Waals surface area contributed by atoms with E-state index in [-0.39, 0.29) is 11.9 Å². The van der Waals surface area contributed by atoms with Crippen LogP contribution in [0.4, 0.5) is 5.69 Å². The molecule has 6 nitrogen and oxygen atoms in total. The van der Waals surface area contributed by atoms with Crippen LogP contribution < -0.4 is 10.2 Å². The van der Waals surface area contributed by atoms with Gasteiger partial charge in [0.2, 0.25) is 10.0 Å². The fourth-order valence-corrected chi connectivity index (χ4v) is 5.00. The van der Waals surface area contributed by atoms with Gasteiger partial charge in [-0.2, -0.15) is 4.31 Å². The molecular formula is C22H29N3O3S. The molecule has 2 aromatic carbocycles. The monoisotopic (exact) mass is 415 g/mol. The molecule has 0 unspecified atom stereocenters. The van der Waals surface area contributed by atoms with E-state index in [1.165, 1.54) is 4.31 Å². The maximum atomic E-state index is 12.9. The smallest absolute Gasteiger partial charge is 0.251 e. The van der Waals surface area contributed by atoms with Crippen molar-refractivity contribution < 1.29 is 13.2 Å². The summed E-state index contributed by atoms with van der Waals surface area (Å²) in [5.74, 6) is -0.120. The summed E-state index contributed by atoms with van der Waals surface area (Å²) in [7, 11) is 0.404. The molecule has 29 heavy (non-hydrogen) atoms. The quantitative estimate of drug-likeness (QED) is 0.815. The number of carbonyl (C=O) groups excluding carboxylic acids is 1. The number of rotatable bonds is 5. The molecule has 0 aromatic heterocycles. The van der Waals surface area contributed by atoms with E-state index < -0.39 is 10.0 Å². The lowest BCUT2D eigenvalue weighted by molar-refractivity contribution is 0.0924. The molecule has 0 radical (unpaired) electrons. The Morgan fingerprint density at radius 1 is 1.00 bits per heavy atom. The van der Waals surface area contributed by atoms with Gasteiger partial charge in [-0.25, -0.2) is 8.42 Å². The molecule has 0 atom stereocenters. The molecule has 3 rings (SSSR count). The first-order valence-corrected chi connectivity index (χ1v) is 11.3. The van der Waals surface area contributed by atoms with Crippen LogP contribution in [0.2, 0.25) is 0 Å². The van der Waals surface area contributed by atoms with Gasteiger partial charge in [-0.1, -0.05) is 6.07 Å². The lowest BCUT2D eigenvalue weighted by Crippen LogP contribution is -2.46. The minimum atomic E-state index is -3.50. The molecule has 0 aliphatic carbocycles. The summed E-state index contributed by atoms with van der Waals surface area (Å²) in [6.45, 7) is 4.69. The van der Waals surface area contributed by atoms with Crippen LogP contribution in [0.25, 0.3) is 0 Å². The van der Waals surface area contributed by atoms with Crippen molar-refractivity contribution in [2.75, 3.05) is 32.1 Å². The van der Waals surface area contributed by atoms with E-state index in [9.17, 15) is 13.2 Å². The standard InChI is InChI=1S/C22H29N3O3S/c1-16-5-10-21(15-17(16)2)29(27,28)25-13-11-19(12-14-25)23-22(26)18-6-8-20(9-7-18)24(3)4/h5-10,15,19H,11-14H2,1-4H3,(H,23,26). The van der Waals surface area contributed by atoms with Crippen molar-refractivity contribution in [1.29, 1.82) is 0 Å². The maximum Gasteiger partial charge on any atom is 0.251 e. The number of nitrogens with one attached hydrogen (secondary N) is 1. The van der Waals surface area contributed by atoms with Crippen LogP contribution in [-0.4, -0.2) is 51.9 Å². The minimum Gasteiger partial charge on any atom is -0.378 e. The van der Waals surface area contributed by atoms with E-state index in [1.807, 2.05) is 63.2 Å². The minimum absolute atomic E-state index is 0.0257. The van der Waals surface area contributed by atoms with Crippen molar-refractivity contribution in [2.45, 2.75) is 37.6 Å². The average molecular weight is 416 g/mol. The molecule has 156 valence electrons. The Morgan fingerprint density at radius 2 is 1.62 bits per heavy atom. The van der Waals surface area contributed by atoms with Gasteiger partial charge in [-0.15, -0.1) is 0 Å².